The Morgan fingerprint density at radius 1 is 1.42 bits per heavy atom. The largest absolute Gasteiger partial charge is 0.314 e. The van der Waals surface area contributed by atoms with Crippen LogP contribution in [0.2, 0.25) is 0 Å². The van der Waals surface area contributed by atoms with Crippen molar-refractivity contribution in [1.29, 1.82) is 0 Å². The van der Waals surface area contributed by atoms with Crippen LogP contribution in [0.1, 0.15) is 34.1 Å². The van der Waals surface area contributed by atoms with Crippen molar-refractivity contribution >= 4 is 0 Å². The maximum absolute atomic E-state index is 3.31. The van der Waals surface area contributed by atoms with E-state index in [4.69, 9.17) is 0 Å². The highest BCUT2D eigenvalue weighted by molar-refractivity contribution is 4.80. The Labute approximate surface area is 77.3 Å². The molecule has 0 bridgehead atoms. The Hall–Kier alpha value is -0.0800. The van der Waals surface area contributed by atoms with Crippen LogP contribution in [0.3, 0.4) is 0 Å². The third-order valence-corrected chi connectivity index (χ3v) is 2.66. The van der Waals surface area contributed by atoms with Gasteiger partial charge >= 0.3 is 0 Å². The Kier molecular flexibility index (Phi) is 4.80. The predicted octanol–water partition coefficient (Wildman–Crippen LogP) is 1.71. The lowest BCUT2D eigenvalue weighted by Crippen LogP contribution is -2.48. The first-order valence-electron chi connectivity index (χ1n) is 4.82. The summed E-state index contributed by atoms with van der Waals surface area (Å²) in [4.78, 5) is 2.40. The van der Waals surface area contributed by atoms with Gasteiger partial charge in [-0.1, -0.05) is 6.92 Å². The molecule has 0 rings (SSSR count). The normalized spacial score (nSPS) is 15.2. The van der Waals surface area contributed by atoms with Crippen molar-refractivity contribution in [3.63, 3.8) is 0 Å². The Morgan fingerprint density at radius 3 is 2.25 bits per heavy atom. The molecule has 0 aromatic heterocycles. The van der Waals surface area contributed by atoms with E-state index in [2.05, 4.69) is 45.0 Å². The van der Waals surface area contributed by atoms with Crippen LogP contribution in [-0.2, 0) is 0 Å². The van der Waals surface area contributed by atoms with Crippen molar-refractivity contribution in [2.75, 3.05) is 20.6 Å². The van der Waals surface area contributed by atoms with Gasteiger partial charge in [-0.05, 0) is 41.3 Å². The molecular weight excluding hydrogens is 148 g/mol. The first kappa shape index (κ1) is 11.9. The molecular formula is C10H24N2. The molecule has 0 saturated carbocycles. The molecule has 12 heavy (non-hydrogen) atoms. The van der Waals surface area contributed by atoms with Crippen molar-refractivity contribution in [1.82, 2.24) is 10.2 Å². The van der Waals surface area contributed by atoms with Crippen LogP contribution < -0.4 is 5.32 Å². The fourth-order valence-corrected chi connectivity index (χ4v) is 1.17. The van der Waals surface area contributed by atoms with Gasteiger partial charge in [-0.3, -0.25) is 0 Å². The molecule has 0 aliphatic carbocycles. The zero-order chi connectivity index (χ0) is 9.78. The minimum atomic E-state index is 0.220. The van der Waals surface area contributed by atoms with Gasteiger partial charge in [-0.2, -0.15) is 0 Å². The molecule has 0 aliphatic heterocycles. The first-order chi connectivity index (χ1) is 5.43. The van der Waals surface area contributed by atoms with Crippen molar-refractivity contribution in [3.05, 3.63) is 0 Å². The Balaban J connectivity index is 3.90. The lowest BCUT2D eigenvalue weighted by atomic mass is 10.0. The summed E-state index contributed by atoms with van der Waals surface area (Å²) in [6, 6.07) is 0.678. The molecule has 0 aliphatic rings. The van der Waals surface area contributed by atoms with Gasteiger partial charge in [0.25, 0.3) is 0 Å². The van der Waals surface area contributed by atoms with Crippen LogP contribution in [-0.4, -0.2) is 37.1 Å². The lowest BCUT2D eigenvalue weighted by Gasteiger charge is -2.33. The number of rotatable bonds is 5. The summed E-state index contributed by atoms with van der Waals surface area (Å²) in [6.45, 7) is 10.1. The molecule has 0 aromatic carbocycles. The average Bonchev–Trinajstić information content (AvgIpc) is 2.02. The van der Waals surface area contributed by atoms with Crippen molar-refractivity contribution < 1.29 is 0 Å². The summed E-state index contributed by atoms with van der Waals surface area (Å²) in [5, 5.41) is 3.31. The molecule has 1 unspecified atom stereocenters. The lowest BCUT2D eigenvalue weighted by molar-refractivity contribution is 0.192. The standard InChI is InChI=1S/C10H24N2/c1-7-9(2)12(6)8-10(3,4)11-5/h9,11H,7-8H2,1-6H3. The summed E-state index contributed by atoms with van der Waals surface area (Å²) < 4.78 is 0. The molecule has 2 heteroatoms. The smallest absolute Gasteiger partial charge is 0.0249 e. The van der Waals surface area contributed by atoms with Gasteiger partial charge in [0.15, 0.2) is 0 Å². The average molecular weight is 172 g/mol. The predicted molar refractivity (Wildman–Crippen MR) is 55.5 cm³/mol. The van der Waals surface area contributed by atoms with Crippen LogP contribution in [0.4, 0.5) is 0 Å². The van der Waals surface area contributed by atoms with Gasteiger partial charge < -0.3 is 10.2 Å². The second kappa shape index (κ2) is 4.83. The van der Waals surface area contributed by atoms with Gasteiger partial charge in [-0.15, -0.1) is 0 Å². The van der Waals surface area contributed by atoms with Crippen LogP contribution >= 0.6 is 0 Å². The number of hydrogen-bond donors (Lipinski definition) is 1. The van der Waals surface area contributed by atoms with Crippen LogP contribution in [0, 0.1) is 0 Å². The molecule has 1 atom stereocenters. The van der Waals surface area contributed by atoms with Gasteiger partial charge in [0.2, 0.25) is 0 Å². The number of hydrogen-bond acceptors (Lipinski definition) is 2. The van der Waals surface area contributed by atoms with E-state index in [0.29, 0.717) is 6.04 Å². The summed E-state index contributed by atoms with van der Waals surface area (Å²) in [5.41, 5.74) is 0.220. The summed E-state index contributed by atoms with van der Waals surface area (Å²) in [5.74, 6) is 0. The molecule has 0 saturated heterocycles. The quantitative estimate of drug-likeness (QED) is 0.679. The van der Waals surface area contributed by atoms with Crippen molar-refractivity contribution in [2.45, 2.75) is 45.7 Å². The zero-order valence-corrected chi connectivity index (χ0v) is 9.44. The fourth-order valence-electron chi connectivity index (χ4n) is 1.17. The molecule has 0 fully saturated rings. The molecule has 0 aromatic rings. The highest BCUT2D eigenvalue weighted by atomic mass is 15.2. The minimum Gasteiger partial charge on any atom is -0.314 e. The SMILES string of the molecule is CCC(C)N(C)CC(C)(C)NC. The maximum atomic E-state index is 3.31. The minimum absolute atomic E-state index is 0.220. The van der Waals surface area contributed by atoms with E-state index in [1.54, 1.807) is 0 Å². The zero-order valence-electron chi connectivity index (χ0n) is 9.44. The monoisotopic (exact) mass is 172 g/mol. The van der Waals surface area contributed by atoms with Crippen LogP contribution in [0.25, 0.3) is 0 Å². The Bertz CT molecular complexity index is 121. The summed E-state index contributed by atoms with van der Waals surface area (Å²) >= 11 is 0. The van der Waals surface area contributed by atoms with Gasteiger partial charge in [-0.25, -0.2) is 0 Å². The molecule has 0 heterocycles. The van der Waals surface area contributed by atoms with E-state index in [0.717, 1.165) is 6.54 Å². The van der Waals surface area contributed by atoms with E-state index >= 15 is 0 Å². The van der Waals surface area contributed by atoms with E-state index in [-0.39, 0.29) is 5.54 Å². The van der Waals surface area contributed by atoms with Crippen molar-refractivity contribution in [2.24, 2.45) is 0 Å². The second-order valence-electron chi connectivity index (χ2n) is 4.31. The highest BCUT2D eigenvalue weighted by Gasteiger charge is 2.19. The van der Waals surface area contributed by atoms with E-state index in [9.17, 15) is 0 Å². The molecule has 0 amide bonds. The summed E-state index contributed by atoms with van der Waals surface area (Å²) in [7, 11) is 4.21. The first-order valence-corrected chi connectivity index (χ1v) is 4.82. The molecule has 0 radical (unpaired) electrons. The van der Waals surface area contributed by atoms with Crippen molar-refractivity contribution in [3.8, 4) is 0 Å². The maximum Gasteiger partial charge on any atom is 0.0249 e. The van der Waals surface area contributed by atoms with Gasteiger partial charge in [0, 0.05) is 18.1 Å². The molecule has 0 spiro atoms. The van der Waals surface area contributed by atoms with Crippen LogP contribution in [0.15, 0.2) is 0 Å². The van der Waals surface area contributed by atoms with Crippen LogP contribution in [0.5, 0.6) is 0 Å². The molecule has 74 valence electrons. The van der Waals surface area contributed by atoms with Gasteiger partial charge in [0.1, 0.15) is 0 Å². The van der Waals surface area contributed by atoms with Gasteiger partial charge in [0.05, 0.1) is 0 Å². The second-order valence-corrected chi connectivity index (χ2v) is 4.31. The summed E-state index contributed by atoms with van der Waals surface area (Å²) in [6.07, 6.45) is 1.22. The molecule has 2 nitrogen and oxygen atoms in total. The third kappa shape index (κ3) is 4.07. The molecule has 1 N–H and O–H groups in total. The Morgan fingerprint density at radius 2 is 1.92 bits per heavy atom. The van der Waals surface area contributed by atoms with E-state index in [1.807, 2.05) is 7.05 Å². The topological polar surface area (TPSA) is 15.3 Å². The number of likely N-dealkylation sites (N-methyl/N-ethyl adjacent to an activating group) is 2. The fraction of sp³-hybridized carbons (Fsp3) is 1.00. The van der Waals surface area contributed by atoms with E-state index in [1.165, 1.54) is 6.42 Å². The third-order valence-electron chi connectivity index (χ3n) is 2.66. The number of nitrogens with zero attached hydrogens (tertiary/aromatic N) is 1. The van der Waals surface area contributed by atoms with E-state index < -0.39 is 0 Å². The highest BCUT2D eigenvalue weighted by Crippen LogP contribution is 2.07. The number of nitrogens with one attached hydrogen (secondary N) is 1.